The average molecular weight is 196 g/mol. The lowest BCUT2D eigenvalue weighted by atomic mass is 9.94. The minimum atomic E-state index is 0.884. The maximum Gasteiger partial charge on any atom is 0.00248 e. The lowest BCUT2D eigenvalue weighted by Crippen LogP contribution is -2.38. The Morgan fingerprint density at radius 1 is 1.14 bits per heavy atom. The zero-order valence-corrected chi connectivity index (χ0v) is 9.63. The molecule has 0 spiro atoms. The van der Waals surface area contributed by atoms with Crippen molar-refractivity contribution in [1.82, 2.24) is 10.2 Å². The Labute approximate surface area is 88.1 Å². The zero-order valence-electron chi connectivity index (χ0n) is 9.63. The van der Waals surface area contributed by atoms with Crippen LogP contribution in [-0.2, 0) is 0 Å². The van der Waals surface area contributed by atoms with Crippen LogP contribution in [-0.4, -0.2) is 37.6 Å². The number of nitrogens with one attached hydrogen (secondary N) is 1. The fraction of sp³-hybridized carbons (Fsp3) is 1.00. The van der Waals surface area contributed by atoms with Crippen molar-refractivity contribution in [2.45, 2.75) is 26.7 Å². The van der Waals surface area contributed by atoms with Gasteiger partial charge in [0, 0.05) is 6.54 Å². The Bertz CT molecular complexity index is 173. The summed E-state index contributed by atoms with van der Waals surface area (Å²) in [5.74, 6) is 2.75. The molecule has 0 aromatic carbocycles. The lowest BCUT2D eigenvalue weighted by molar-refractivity contribution is 0.160. The molecule has 14 heavy (non-hydrogen) atoms. The van der Waals surface area contributed by atoms with Crippen molar-refractivity contribution >= 4 is 0 Å². The normalized spacial score (nSPS) is 36.4. The van der Waals surface area contributed by atoms with Crippen molar-refractivity contribution in [1.29, 1.82) is 0 Å². The van der Waals surface area contributed by atoms with Crippen LogP contribution in [0.15, 0.2) is 0 Å². The van der Waals surface area contributed by atoms with E-state index in [1.165, 1.54) is 45.6 Å². The van der Waals surface area contributed by atoms with Gasteiger partial charge in [-0.2, -0.15) is 0 Å². The number of hydrogen-bond donors (Lipinski definition) is 1. The second kappa shape index (κ2) is 4.63. The van der Waals surface area contributed by atoms with Crippen molar-refractivity contribution in [3.63, 3.8) is 0 Å². The van der Waals surface area contributed by atoms with Crippen LogP contribution in [0.4, 0.5) is 0 Å². The first kappa shape index (κ1) is 10.4. The topological polar surface area (TPSA) is 15.3 Å². The fourth-order valence-electron chi connectivity index (χ4n) is 2.69. The molecule has 2 heteroatoms. The van der Waals surface area contributed by atoms with E-state index in [0.29, 0.717) is 0 Å². The van der Waals surface area contributed by atoms with Gasteiger partial charge in [-0.05, 0) is 56.8 Å². The molecule has 2 atom stereocenters. The number of hydrogen-bond acceptors (Lipinski definition) is 2. The standard InChI is InChI=1S/C12H24N2/c1-10-3-5-14(6-4-10)9-12-8-13-7-11(12)2/h10-13H,3-9H2,1-2H3. The summed E-state index contributed by atoms with van der Waals surface area (Å²) < 4.78 is 0. The molecule has 0 bridgehead atoms. The summed E-state index contributed by atoms with van der Waals surface area (Å²) in [5.41, 5.74) is 0. The molecule has 0 radical (unpaired) electrons. The first-order valence-corrected chi connectivity index (χ1v) is 6.19. The zero-order chi connectivity index (χ0) is 9.97. The largest absolute Gasteiger partial charge is 0.316 e. The molecule has 2 fully saturated rings. The summed E-state index contributed by atoms with van der Waals surface area (Å²) in [7, 11) is 0. The minimum Gasteiger partial charge on any atom is -0.316 e. The molecular formula is C12H24N2. The molecule has 2 rings (SSSR count). The summed E-state index contributed by atoms with van der Waals surface area (Å²) >= 11 is 0. The van der Waals surface area contributed by atoms with E-state index in [9.17, 15) is 0 Å². The minimum absolute atomic E-state index is 0.884. The van der Waals surface area contributed by atoms with Gasteiger partial charge in [-0.1, -0.05) is 13.8 Å². The van der Waals surface area contributed by atoms with Crippen molar-refractivity contribution < 1.29 is 0 Å². The molecule has 2 unspecified atom stereocenters. The highest BCUT2D eigenvalue weighted by Crippen LogP contribution is 2.21. The highest BCUT2D eigenvalue weighted by Gasteiger charge is 2.26. The molecule has 2 nitrogen and oxygen atoms in total. The number of piperidine rings is 1. The van der Waals surface area contributed by atoms with E-state index in [1.807, 2.05) is 0 Å². The SMILES string of the molecule is CC1CCN(CC2CNCC2C)CC1. The van der Waals surface area contributed by atoms with Gasteiger partial charge in [-0.25, -0.2) is 0 Å². The summed E-state index contributed by atoms with van der Waals surface area (Å²) in [6.07, 6.45) is 2.82. The highest BCUT2D eigenvalue weighted by molar-refractivity contribution is 4.82. The molecular weight excluding hydrogens is 172 g/mol. The van der Waals surface area contributed by atoms with Crippen LogP contribution < -0.4 is 5.32 Å². The van der Waals surface area contributed by atoms with Crippen molar-refractivity contribution in [2.24, 2.45) is 17.8 Å². The van der Waals surface area contributed by atoms with E-state index in [-0.39, 0.29) is 0 Å². The van der Waals surface area contributed by atoms with Gasteiger partial charge >= 0.3 is 0 Å². The Hall–Kier alpha value is -0.0800. The Kier molecular flexibility index (Phi) is 3.45. The molecule has 1 N–H and O–H groups in total. The number of nitrogens with zero attached hydrogens (tertiary/aromatic N) is 1. The molecule has 2 saturated heterocycles. The van der Waals surface area contributed by atoms with Crippen molar-refractivity contribution in [3.8, 4) is 0 Å². The second-order valence-electron chi connectivity index (χ2n) is 5.38. The molecule has 2 aliphatic heterocycles. The Morgan fingerprint density at radius 2 is 1.86 bits per heavy atom. The van der Waals surface area contributed by atoms with Crippen molar-refractivity contribution in [3.05, 3.63) is 0 Å². The maximum atomic E-state index is 3.49. The van der Waals surface area contributed by atoms with Gasteiger partial charge < -0.3 is 10.2 Å². The predicted molar refractivity (Wildman–Crippen MR) is 60.4 cm³/mol. The van der Waals surface area contributed by atoms with Gasteiger partial charge in [0.15, 0.2) is 0 Å². The van der Waals surface area contributed by atoms with Crippen LogP contribution in [0.2, 0.25) is 0 Å². The van der Waals surface area contributed by atoms with Gasteiger partial charge in [-0.15, -0.1) is 0 Å². The Morgan fingerprint density at radius 3 is 2.43 bits per heavy atom. The first-order chi connectivity index (χ1) is 6.75. The molecule has 0 saturated carbocycles. The third-order valence-electron chi connectivity index (χ3n) is 4.05. The van der Waals surface area contributed by atoms with E-state index < -0.39 is 0 Å². The molecule has 0 aliphatic carbocycles. The van der Waals surface area contributed by atoms with Crippen LogP contribution in [0.1, 0.15) is 26.7 Å². The summed E-state index contributed by atoms with van der Waals surface area (Å²) in [6, 6.07) is 0. The fourth-order valence-corrected chi connectivity index (χ4v) is 2.69. The van der Waals surface area contributed by atoms with Gasteiger partial charge in [0.25, 0.3) is 0 Å². The van der Waals surface area contributed by atoms with E-state index in [2.05, 4.69) is 24.1 Å². The summed E-state index contributed by atoms with van der Waals surface area (Å²) in [4.78, 5) is 2.67. The van der Waals surface area contributed by atoms with Crippen LogP contribution in [0.5, 0.6) is 0 Å². The third kappa shape index (κ3) is 2.48. The lowest BCUT2D eigenvalue weighted by Gasteiger charge is -2.32. The second-order valence-corrected chi connectivity index (χ2v) is 5.38. The van der Waals surface area contributed by atoms with Crippen LogP contribution in [0.3, 0.4) is 0 Å². The quantitative estimate of drug-likeness (QED) is 0.721. The van der Waals surface area contributed by atoms with E-state index in [4.69, 9.17) is 0 Å². The summed E-state index contributed by atoms with van der Waals surface area (Å²) in [6.45, 7) is 11.3. The van der Waals surface area contributed by atoms with Gasteiger partial charge in [0.05, 0.1) is 0 Å². The van der Waals surface area contributed by atoms with E-state index >= 15 is 0 Å². The number of likely N-dealkylation sites (tertiary alicyclic amines) is 1. The molecule has 2 heterocycles. The van der Waals surface area contributed by atoms with Gasteiger partial charge in [0.1, 0.15) is 0 Å². The summed E-state index contributed by atoms with van der Waals surface area (Å²) in [5, 5.41) is 3.49. The molecule has 2 aliphatic rings. The predicted octanol–water partition coefficient (Wildman–Crippen LogP) is 1.57. The van der Waals surface area contributed by atoms with Crippen LogP contribution in [0, 0.1) is 17.8 Å². The van der Waals surface area contributed by atoms with E-state index in [0.717, 1.165) is 17.8 Å². The third-order valence-corrected chi connectivity index (χ3v) is 4.05. The molecule has 0 aromatic heterocycles. The van der Waals surface area contributed by atoms with Gasteiger partial charge in [-0.3, -0.25) is 0 Å². The number of rotatable bonds is 2. The maximum absolute atomic E-state index is 3.49. The molecule has 0 aromatic rings. The average Bonchev–Trinajstić information content (AvgIpc) is 2.56. The van der Waals surface area contributed by atoms with E-state index in [1.54, 1.807) is 0 Å². The van der Waals surface area contributed by atoms with Gasteiger partial charge in [0.2, 0.25) is 0 Å². The first-order valence-electron chi connectivity index (χ1n) is 6.19. The highest BCUT2D eigenvalue weighted by atomic mass is 15.1. The van der Waals surface area contributed by atoms with Crippen molar-refractivity contribution in [2.75, 3.05) is 32.7 Å². The monoisotopic (exact) mass is 196 g/mol. The molecule has 82 valence electrons. The van der Waals surface area contributed by atoms with Crippen LogP contribution >= 0.6 is 0 Å². The van der Waals surface area contributed by atoms with Crippen LogP contribution in [0.25, 0.3) is 0 Å². The molecule has 0 amide bonds. The smallest absolute Gasteiger partial charge is 0.00248 e. The Balaban J connectivity index is 1.74.